The quantitative estimate of drug-likeness (QED) is 0.574. The third-order valence-electron chi connectivity index (χ3n) is 5.24. The highest BCUT2D eigenvalue weighted by Gasteiger charge is 2.54. The van der Waals surface area contributed by atoms with Crippen molar-refractivity contribution in [3.05, 3.63) is 70.8 Å². The molecule has 0 N–H and O–H groups in total. The van der Waals surface area contributed by atoms with Crippen molar-refractivity contribution in [1.29, 1.82) is 0 Å². The summed E-state index contributed by atoms with van der Waals surface area (Å²) >= 11 is 5.93. The van der Waals surface area contributed by atoms with Crippen molar-refractivity contribution in [2.45, 2.75) is 25.6 Å². The van der Waals surface area contributed by atoms with Gasteiger partial charge in [0, 0.05) is 10.6 Å². The first-order valence-corrected chi connectivity index (χ1v) is 9.83. The van der Waals surface area contributed by atoms with E-state index in [1.807, 2.05) is 0 Å². The van der Waals surface area contributed by atoms with Crippen LogP contribution in [-0.2, 0) is 16.1 Å². The number of rotatable bonds is 4. The summed E-state index contributed by atoms with van der Waals surface area (Å²) in [6.07, 6.45) is 0. The number of oxazole rings is 1. The van der Waals surface area contributed by atoms with Crippen molar-refractivity contribution in [2.24, 2.45) is 10.3 Å². The number of carbonyl (C=O) groups is 2. The van der Waals surface area contributed by atoms with Crippen LogP contribution in [0.5, 0.6) is 0 Å². The molecule has 5 rings (SSSR count). The number of hydrogen-bond acceptors (Lipinski definition) is 7. The first kappa shape index (κ1) is 19.4. The number of fused-ring (bicyclic) bond motifs is 1. The summed E-state index contributed by atoms with van der Waals surface area (Å²) < 4.78 is 19.0. The second-order valence-electron chi connectivity index (χ2n) is 7.21. The Bertz CT molecular complexity index is 1210. The van der Waals surface area contributed by atoms with E-state index in [0.717, 1.165) is 10.5 Å². The van der Waals surface area contributed by atoms with E-state index in [9.17, 15) is 14.0 Å². The molecule has 0 bridgehead atoms. The number of imide groups is 1. The zero-order valence-corrected chi connectivity index (χ0v) is 17.0. The summed E-state index contributed by atoms with van der Waals surface area (Å²) in [5, 5.41) is 10.1. The van der Waals surface area contributed by atoms with Crippen molar-refractivity contribution >= 4 is 29.1 Å². The van der Waals surface area contributed by atoms with Crippen molar-refractivity contribution in [1.82, 2.24) is 9.99 Å². The summed E-state index contributed by atoms with van der Waals surface area (Å²) in [4.78, 5) is 31.3. The van der Waals surface area contributed by atoms with Crippen LogP contribution >= 0.6 is 11.6 Å². The summed E-state index contributed by atoms with van der Waals surface area (Å²) in [6, 6.07) is 10.4. The molecule has 2 aliphatic heterocycles. The molecule has 2 atom stereocenters. The van der Waals surface area contributed by atoms with Gasteiger partial charge in [-0.15, -0.1) is 0 Å². The van der Waals surface area contributed by atoms with Crippen LogP contribution < -0.4 is 4.90 Å². The zero-order chi connectivity index (χ0) is 21.7. The summed E-state index contributed by atoms with van der Waals surface area (Å²) in [7, 11) is 0. The number of halogens is 2. The Labute approximate surface area is 180 Å². The largest absolute Gasteiger partial charge is 0.441 e. The van der Waals surface area contributed by atoms with Gasteiger partial charge in [-0.2, -0.15) is 5.11 Å². The van der Waals surface area contributed by atoms with Crippen LogP contribution in [0.25, 0.3) is 11.5 Å². The van der Waals surface area contributed by atoms with E-state index in [0.29, 0.717) is 28.1 Å². The van der Waals surface area contributed by atoms with E-state index in [4.69, 9.17) is 16.0 Å². The smallest absolute Gasteiger partial charge is 0.263 e. The highest BCUT2D eigenvalue weighted by atomic mass is 35.5. The van der Waals surface area contributed by atoms with Crippen LogP contribution in [0.3, 0.4) is 0 Å². The molecule has 1 saturated heterocycles. The summed E-state index contributed by atoms with van der Waals surface area (Å²) in [6.45, 7) is 1.91. The van der Waals surface area contributed by atoms with Gasteiger partial charge < -0.3 is 4.42 Å². The van der Waals surface area contributed by atoms with Gasteiger partial charge in [-0.05, 0) is 55.5 Å². The minimum atomic E-state index is -0.944. The second-order valence-corrected chi connectivity index (χ2v) is 7.65. The molecule has 1 aromatic heterocycles. The topological polar surface area (TPSA) is 91.4 Å². The van der Waals surface area contributed by atoms with Gasteiger partial charge in [0.2, 0.25) is 5.89 Å². The van der Waals surface area contributed by atoms with Crippen LogP contribution in [0.15, 0.2) is 63.3 Å². The van der Waals surface area contributed by atoms with Gasteiger partial charge in [-0.3, -0.25) is 14.6 Å². The third-order valence-corrected chi connectivity index (χ3v) is 5.49. The van der Waals surface area contributed by atoms with Crippen LogP contribution in [0.2, 0.25) is 5.02 Å². The standard InChI is InChI=1S/C21H15ClFN5O3/c1-11-16(24-19(31-11)12-2-4-13(22)5-3-12)10-27-18-17(25-26-27)20(29)28(21(18)30)15-8-6-14(23)7-9-15/h2-9,17-18H,10H2,1H3/t17-,18-/m1/s1. The molecule has 0 saturated carbocycles. The predicted molar refractivity (Wildman–Crippen MR) is 109 cm³/mol. The van der Waals surface area contributed by atoms with Gasteiger partial charge in [0.1, 0.15) is 17.3 Å². The number of hydrogen-bond donors (Lipinski definition) is 0. The molecule has 3 aromatic rings. The summed E-state index contributed by atoms with van der Waals surface area (Å²) in [5.74, 6) is -0.436. The molecule has 0 aliphatic carbocycles. The number of amides is 2. The van der Waals surface area contributed by atoms with Gasteiger partial charge in [0.15, 0.2) is 12.1 Å². The number of benzene rings is 2. The molecular formula is C21H15ClFN5O3. The van der Waals surface area contributed by atoms with Crippen LogP contribution in [0.4, 0.5) is 10.1 Å². The fraction of sp³-hybridized carbons (Fsp3) is 0.190. The first-order chi connectivity index (χ1) is 14.9. The maximum Gasteiger partial charge on any atom is 0.263 e. The van der Waals surface area contributed by atoms with E-state index >= 15 is 0 Å². The number of aryl methyl sites for hydroxylation is 1. The lowest BCUT2D eigenvalue weighted by atomic mass is 10.1. The van der Waals surface area contributed by atoms with Crippen LogP contribution in [0, 0.1) is 12.7 Å². The predicted octanol–water partition coefficient (Wildman–Crippen LogP) is 3.94. The minimum absolute atomic E-state index is 0.143. The fourth-order valence-corrected chi connectivity index (χ4v) is 3.77. The molecule has 0 unspecified atom stereocenters. The maximum atomic E-state index is 13.2. The third kappa shape index (κ3) is 3.27. The molecular weight excluding hydrogens is 425 g/mol. The fourth-order valence-electron chi connectivity index (χ4n) is 3.64. The molecule has 1 fully saturated rings. The van der Waals surface area contributed by atoms with E-state index in [1.54, 1.807) is 31.2 Å². The average Bonchev–Trinajstić information content (AvgIpc) is 3.40. The lowest BCUT2D eigenvalue weighted by Gasteiger charge is -2.19. The molecule has 2 amide bonds. The Hall–Kier alpha value is -3.59. The molecule has 3 heterocycles. The lowest BCUT2D eigenvalue weighted by molar-refractivity contribution is -0.123. The molecule has 2 aromatic carbocycles. The summed E-state index contributed by atoms with van der Waals surface area (Å²) in [5.41, 5.74) is 1.63. The van der Waals surface area contributed by atoms with E-state index in [-0.39, 0.29) is 6.54 Å². The molecule has 0 radical (unpaired) electrons. The van der Waals surface area contributed by atoms with Gasteiger partial charge in [-0.1, -0.05) is 16.8 Å². The van der Waals surface area contributed by atoms with Crippen LogP contribution in [-0.4, -0.2) is 33.9 Å². The number of carbonyl (C=O) groups excluding carboxylic acids is 2. The van der Waals surface area contributed by atoms with Crippen molar-refractivity contribution < 1.29 is 18.4 Å². The van der Waals surface area contributed by atoms with E-state index in [2.05, 4.69) is 15.3 Å². The first-order valence-electron chi connectivity index (χ1n) is 9.45. The molecule has 0 spiro atoms. The average molecular weight is 440 g/mol. The highest BCUT2D eigenvalue weighted by Crippen LogP contribution is 2.33. The molecule has 10 heteroatoms. The number of nitrogens with zero attached hydrogens (tertiary/aromatic N) is 5. The molecule has 31 heavy (non-hydrogen) atoms. The van der Waals surface area contributed by atoms with Crippen molar-refractivity contribution in [3.63, 3.8) is 0 Å². The van der Waals surface area contributed by atoms with Gasteiger partial charge in [0.25, 0.3) is 11.8 Å². The van der Waals surface area contributed by atoms with Gasteiger partial charge in [-0.25, -0.2) is 14.3 Å². The Morgan fingerprint density at radius 2 is 1.77 bits per heavy atom. The van der Waals surface area contributed by atoms with Gasteiger partial charge in [0.05, 0.1) is 12.2 Å². The Balaban J connectivity index is 1.39. The molecule has 8 nitrogen and oxygen atoms in total. The lowest BCUT2D eigenvalue weighted by Crippen LogP contribution is -2.39. The Kier molecular flexibility index (Phi) is 4.55. The molecule has 156 valence electrons. The SMILES string of the molecule is Cc1oc(-c2ccc(Cl)cc2)nc1CN1N=N[C@H]2C(=O)N(c3ccc(F)cc3)C(=O)[C@@H]21. The monoisotopic (exact) mass is 439 g/mol. The number of anilines is 1. The maximum absolute atomic E-state index is 13.2. The van der Waals surface area contributed by atoms with E-state index < -0.39 is 29.7 Å². The molecule has 2 aliphatic rings. The Morgan fingerprint density at radius 3 is 2.48 bits per heavy atom. The number of aromatic nitrogens is 1. The highest BCUT2D eigenvalue weighted by molar-refractivity contribution is 6.30. The van der Waals surface area contributed by atoms with Crippen molar-refractivity contribution in [2.75, 3.05) is 4.90 Å². The van der Waals surface area contributed by atoms with Crippen molar-refractivity contribution in [3.8, 4) is 11.5 Å². The minimum Gasteiger partial charge on any atom is -0.441 e. The second kappa shape index (κ2) is 7.28. The van der Waals surface area contributed by atoms with E-state index in [1.165, 1.54) is 29.3 Å². The Morgan fingerprint density at radius 1 is 1.06 bits per heavy atom. The van der Waals surface area contributed by atoms with Crippen LogP contribution in [0.1, 0.15) is 11.5 Å². The van der Waals surface area contributed by atoms with Gasteiger partial charge >= 0.3 is 0 Å². The normalized spacial score (nSPS) is 20.1. The zero-order valence-electron chi connectivity index (χ0n) is 16.2.